The molecular weight excluding hydrogens is 560 g/mol. The van der Waals surface area contributed by atoms with Crippen LogP contribution in [0.4, 0.5) is 16.6 Å². The van der Waals surface area contributed by atoms with Crippen LogP contribution in [0.5, 0.6) is 11.5 Å². The third-order valence-electron chi connectivity index (χ3n) is 6.81. The second-order valence-electron chi connectivity index (χ2n) is 10.1. The molecule has 5 aromatic rings. The number of carbonyl (C=O) groups excluding carboxylic acids is 1. The number of aromatic nitrogens is 7. The average Bonchev–Trinajstić information content (AvgIpc) is 3.49. The van der Waals surface area contributed by atoms with Gasteiger partial charge in [-0.3, -0.25) is 10.3 Å². The molecule has 0 fully saturated rings. The van der Waals surface area contributed by atoms with Crippen molar-refractivity contribution in [1.82, 2.24) is 40.2 Å². The number of aryl methyl sites for hydroxylation is 1. The number of carbonyl (C=O) groups is 1. The van der Waals surface area contributed by atoms with Gasteiger partial charge in [0.25, 0.3) is 0 Å². The Balaban J connectivity index is 1.29. The maximum absolute atomic E-state index is 12.7. The summed E-state index contributed by atoms with van der Waals surface area (Å²) < 4.78 is 12.7. The molecule has 13 nitrogen and oxygen atoms in total. The van der Waals surface area contributed by atoms with Crippen molar-refractivity contribution in [3.63, 3.8) is 0 Å². The molecule has 4 heterocycles. The quantitative estimate of drug-likeness (QED) is 0.154. The highest BCUT2D eigenvalue weighted by Crippen LogP contribution is 2.35. The van der Waals surface area contributed by atoms with Crippen LogP contribution in [0.15, 0.2) is 61.1 Å². The number of rotatable bonds is 14. The van der Waals surface area contributed by atoms with E-state index >= 15 is 0 Å². The molecule has 1 aromatic carbocycles. The van der Waals surface area contributed by atoms with Gasteiger partial charge in [0.2, 0.25) is 5.95 Å². The first-order valence-electron chi connectivity index (χ1n) is 14.5. The summed E-state index contributed by atoms with van der Waals surface area (Å²) in [7, 11) is 3.18. The van der Waals surface area contributed by atoms with Crippen LogP contribution in [-0.2, 0) is 13.0 Å². The number of nitrogens with zero attached hydrogens (tertiary/aromatic N) is 7. The Kier molecular flexibility index (Phi) is 10.1. The molecule has 0 saturated carbocycles. The first-order valence-corrected chi connectivity index (χ1v) is 14.5. The van der Waals surface area contributed by atoms with E-state index in [1.54, 1.807) is 37.4 Å². The zero-order valence-electron chi connectivity index (χ0n) is 25.1. The molecule has 0 unspecified atom stereocenters. The van der Waals surface area contributed by atoms with Crippen LogP contribution in [0.3, 0.4) is 0 Å². The zero-order valence-corrected chi connectivity index (χ0v) is 25.1. The number of hydrogen-bond donors (Lipinski definition) is 3. The Labute approximate surface area is 255 Å². The number of fused-ring (bicyclic) bond motifs is 1. The van der Waals surface area contributed by atoms with E-state index in [9.17, 15) is 4.79 Å². The molecule has 0 atom stereocenters. The summed E-state index contributed by atoms with van der Waals surface area (Å²) in [6.07, 6.45) is 8.82. The van der Waals surface area contributed by atoms with E-state index in [-0.39, 0.29) is 6.03 Å². The molecule has 0 saturated heterocycles. The van der Waals surface area contributed by atoms with Gasteiger partial charge in [0.15, 0.2) is 5.65 Å². The third kappa shape index (κ3) is 7.94. The predicted molar refractivity (Wildman–Crippen MR) is 168 cm³/mol. The molecule has 0 spiro atoms. The smallest absolute Gasteiger partial charge is 0.320 e. The lowest BCUT2D eigenvalue weighted by Crippen LogP contribution is -2.30. The summed E-state index contributed by atoms with van der Waals surface area (Å²) in [5, 5.41) is 18.2. The van der Waals surface area contributed by atoms with Crippen molar-refractivity contribution in [3.05, 3.63) is 72.4 Å². The molecule has 4 aromatic heterocycles. The van der Waals surface area contributed by atoms with E-state index in [0.717, 1.165) is 42.6 Å². The largest absolute Gasteiger partial charge is 0.497 e. The van der Waals surface area contributed by atoms with Crippen molar-refractivity contribution in [2.24, 2.45) is 0 Å². The van der Waals surface area contributed by atoms with Gasteiger partial charge in [-0.05, 0) is 55.2 Å². The average molecular weight is 597 g/mol. The van der Waals surface area contributed by atoms with E-state index in [4.69, 9.17) is 14.5 Å². The fraction of sp³-hybridized carbons (Fsp3) is 0.323. The molecule has 44 heavy (non-hydrogen) atoms. The minimum absolute atomic E-state index is 0.342. The van der Waals surface area contributed by atoms with Gasteiger partial charge >= 0.3 is 6.03 Å². The summed E-state index contributed by atoms with van der Waals surface area (Å²) in [5.41, 5.74) is 3.72. The molecule has 0 aliphatic carbocycles. The number of pyridine rings is 2. The Bertz CT molecular complexity index is 1670. The number of hydrogen-bond acceptors (Lipinski definition) is 10. The van der Waals surface area contributed by atoms with Crippen LogP contribution >= 0.6 is 0 Å². The minimum atomic E-state index is -0.342. The number of methoxy groups -OCH3 is 2. The highest BCUT2D eigenvalue weighted by molar-refractivity contribution is 5.96. The number of ether oxygens (including phenoxy) is 2. The monoisotopic (exact) mass is 596 g/mol. The maximum Gasteiger partial charge on any atom is 0.320 e. The molecule has 5 rings (SSSR count). The normalized spacial score (nSPS) is 10.9. The van der Waals surface area contributed by atoms with Crippen molar-refractivity contribution >= 4 is 28.8 Å². The summed E-state index contributed by atoms with van der Waals surface area (Å²) in [6, 6.07) is 12.9. The lowest BCUT2D eigenvalue weighted by Gasteiger charge is -2.14. The number of benzene rings is 1. The van der Waals surface area contributed by atoms with Crippen LogP contribution in [0.2, 0.25) is 0 Å². The minimum Gasteiger partial charge on any atom is -0.497 e. The molecule has 0 radical (unpaired) electrons. The highest BCUT2D eigenvalue weighted by atomic mass is 16.5. The number of nitrogens with one attached hydrogen (secondary N) is 3. The van der Waals surface area contributed by atoms with Gasteiger partial charge in [-0.2, -0.15) is 4.98 Å². The number of anilines is 2. The molecule has 228 valence electrons. The van der Waals surface area contributed by atoms with Crippen LogP contribution in [0.1, 0.15) is 37.6 Å². The van der Waals surface area contributed by atoms with E-state index in [1.807, 2.05) is 42.6 Å². The van der Waals surface area contributed by atoms with Gasteiger partial charge < -0.3 is 20.1 Å². The van der Waals surface area contributed by atoms with Gasteiger partial charge in [-0.15, -0.1) is 5.10 Å². The first kappa shape index (κ1) is 30.1. The van der Waals surface area contributed by atoms with Crippen LogP contribution in [-0.4, -0.2) is 68.3 Å². The Morgan fingerprint density at radius 2 is 1.80 bits per heavy atom. The topological polar surface area (TPSA) is 154 Å². The lowest BCUT2D eigenvalue weighted by molar-refractivity contribution is 0.252. The summed E-state index contributed by atoms with van der Waals surface area (Å²) in [6.45, 7) is 3.84. The van der Waals surface area contributed by atoms with E-state index in [2.05, 4.69) is 48.1 Å². The standard InChI is InChI=1S/C31H36N10O3/c1-4-5-11-34-31(42)38-29-27(21-14-25(43-2)17-26(15-21)44-3)16-22-18-35-30(37-28(22)36-29)33-13-8-10-24-20-41(40-39-24)19-23-9-6-7-12-32-23/h6-7,9,12,14-18,20H,4-5,8,10-11,13,19H2,1-3H3,(H3,33,34,35,36,37,38,42). The van der Waals surface area contributed by atoms with Gasteiger partial charge in [0, 0.05) is 48.7 Å². The van der Waals surface area contributed by atoms with Crippen molar-refractivity contribution in [2.75, 3.05) is 37.9 Å². The van der Waals surface area contributed by atoms with Crippen LogP contribution in [0, 0.1) is 0 Å². The molecule has 3 N–H and O–H groups in total. The number of urea groups is 1. The molecule has 2 amide bonds. The van der Waals surface area contributed by atoms with Crippen molar-refractivity contribution in [1.29, 1.82) is 0 Å². The second kappa shape index (κ2) is 14.7. The first-order chi connectivity index (χ1) is 21.5. The Morgan fingerprint density at radius 1 is 0.955 bits per heavy atom. The summed E-state index contributed by atoms with van der Waals surface area (Å²) in [4.78, 5) is 30.9. The van der Waals surface area contributed by atoms with Crippen molar-refractivity contribution < 1.29 is 14.3 Å². The van der Waals surface area contributed by atoms with Crippen LogP contribution < -0.4 is 25.4 Å². The van der Waals surface area contributed by atoms with Crippen LogP contribution in [0.25, 0.3) is 22.2 Å². The molecular formula is C31H36N10O3. The predicted octanol–water partition coefficient (Wildman–Crippen LogP) is 4.71. The second-order valence-corrected chi connectivity index (χ2v) is 10.1. The summed E-state index contributed by atoms with van der Waals surface area (Å²) in [5.74, 6) is 2.03. The fourth-order valence-corrected chi connectivity index (χ4v) is 4.52. The van der Waals surface area contributed by atoms with Gasteiger partial charge in [0.1, 0.15) is 17.3 Å². The van der Waals surface area contributed by atoms with Gasteiger partial charge in [-0.1, -0.05) is 24.6 Å². The Morgan fingerprint density at radius 3 is 2.55 bits per heavy atom. The zero-order chi connectivity index (χ0) is 30.7. The highest BCUT2D eigenvalue weighted by Gasteiger charge is 2.16. The SMILES string of the molecule is CCCCNC(=O)Nc1nc2nc(NCCCc3cn(Cc4ccccn4)nn3)ncc2cc1-c1cc(OC)cc(OC)c1. The van der Waals surface area contributed by atoms with E-state index in [1.165, 1.54) is 0 Å². The van der Waals surface area contributed by atoms with E-state index in [0.29, 0.717) is 59.5 Å². The van der Waals surface area contributed by atoms with E-state index < -0.39 is 0 Å². The van der Waals surface area contributed by atoms with Crippen molar-refractivity contribution in [3.8, 4) is 22.6 Å². The lowest BCUT2D eigenvalue weighted by atomic mass is 10.0. The molecule has 0 bridgehead atoms. The summed E-state index contributed by atoms with van der Waals surface area (Å²) >= 11 is 0. The van der Waals surface area contributed by atoms with Gasteiger partial charge in [-0.25, -0.2) is 19.4 Å². The molecule has 0 aliphatic rings. The fourth-order valence-electron chi connectivity index (χ4n) is 4.52. The van der Waals surface area contributed by atoms with Crippen molar-refractivity contribution in [2.45, 2.75) is 39.2 Å². The molecule has 0 aliphatic heterocycles. The number of unbranched alkanes of at least 4 members (excludes halogenated alkanes) is 1. The maximum atomic E-state index is 12.7. The molecule has 13 heteroatoms. The number of amides is 2. The third-order valence-corrected chi connectivity index (χ3v) is 6.81. The van der Waals surface area contributed by atoms with Gasteiger partial charge in [0.05, 0.1) is 32.2 Å². The Hall–Kier alpha value is -5.33.